The van der Waals surface area contributed by atoms with Crippen LogP contribution in [0.1, 0.15) is 38.5 Å². The Morgan fingerprint density at radius 2 is 1.58 bits per heavy atom. The largest absolute Gasteiger partial charge is 0.495 e. The molecular formula is C19H24ClNO3. The Morgan fingerprint density at radius 3 is 2.08 bits per heavy atom. The second-order valence-electron chi connectivity index (χ2n) is 7.84. The SMILES string of the molecule is COc1cc(OC)c(NC(=O)C23CC4CC(CC(C4)C2)C3)cc1Cl. The van der Waals surface area contributed by atoms with Crippen molar-refractivity contribution in [2.45, 2.75) is 38.5 Å². The average Bonchev–Trinajstić information content (AvgIpc) is 2.54. The lowest BCUT2D eigenvalue weighted by atomic mass is 9.49. The molecule has 1 aromatic carbocycles. The van der Waals surface area contributed by atoms with Crippen LogP contribution >= 0.6 is 11.6 Å². The van der Waals surface area contributed by atoms with E-state index in [0.717, 1.165) is 37.0 Å². The number of halogens is 1. The molecule has 1 aromatic rings. The van der Waals surface area contributed by atoms with Crippen molar-refractivity contribution in [3.05, 3.63) is 17.2 Å². The van der Waals surface area contributed by atoms with E-state index in [1.165, 1.54) is 19.3 Å². The first kappa shape index (κ1) is 16.1. The normalized spacial score (nSPS) is 33.4. The summed E-state index contributed by atoms with van der Waals surface area (Å²) >= 11 is 6.23. The van der Waals surface area contributed by atoms with Crippen molar-refractivity contribution >= 4 is 23.2 Å². The zero-order valence-corrected chi connectivity index (χ0v) is 15.0. The molecule has 5 heteroatoms. The molecule has 0 aromatic heterocycles. The molecule has 0 atom stereocenters. The van der Waals surface area contributed by atoms with Crippen LogP contribution in [0.5, 0.6) is 11.5 Å². The van der Waals surface area contributed by atoms with Crippen LogP contribution in [0.4, 0.5) is 5.69 Å². The number of carbonyl (C=O) groups is 1. The smallest absolute Gasteiger partial charge is 0.230 e. The molecule has 4 saturated carbocycles. The van der Waals surface area contributed by atoms with E-state index in [9.17, 15) is 4.79 Å². The Balaban J connectivity index is 1.59. The molecule has 4 aliphatic rings. The first-order chi connectivity index (χ1) is 11.5. The molecule has 1 N–H and O–H groups in total. The summed E-state index contributed by atoms with van der Waals surface area (Å²) in [5.74, 6) is 3.48. The van der Waals surface area contributed by atoms with Crippen molar-refractivity contribution in [3.63, 3.8) is 0 Å². The lowest BCUT2D eigenvalue weighted by molar-refractivity contribution is -0.140. The van der Waals surface area contributed by atoms with E-state index in [0.29, 0.717) is 22.2 Å². The molecule has 4 bridgehead atoms. The van der Waals surface area contributed by atoms with Gasteiger partial charge in [0.25, 0.3) is 0 Å². The number of amides is 1. The quantitative estimate of drug-likeness (QED) is 0.869. The highest BCUT2D eigenvalue weighted by molar-refractivity contribution is 6.32. The van der Waals surface area contributed by atoms with E-state index in [1.54, 1.807) is 26.4 Å². The zero-order chi connectivity index (χ0) is 16.9. The molecule has 0 spiro atoms. The molecule has 0 unspecified atom stereocenters. The minimum absolute atomic E-state index is 0.140. The monoisotopic (exact) mass is 349 g/mol. The number of methoxy groups -OCH3 is 2. The van der Waals surface area contributed by atoms with Gasteiger partial charge in [0.15, 0.2) is 0 Å². The maximum atomic E-state index is 13.2. The lowest BCUT2D eigenvalue weighted by Crippen LogP contribution is -2.51. The Kier molecular flexibility index (Phi) is 3.91. The van der Waals surface area contributed by atoms with Gasteiger partial charge in [-0.1, -0.05) is 11.6 Å². The van der Waals surface area contributed by atoms with E-state index in [-0.39, 0.29) is 11.3 Å². The Labute approximate surface area is 147 Å². The number of carbonyl (C=O) groups excluding carboxylic acids is 1. The summed E-state index contributed by atoms with van der Waals surface area (Å²) in [4.78, 5) is 13.2. The summed E-state index contributed by atoms with van der Waals surface area (Å²) in [5.41, 5.74) is 0.440. The number of ether oxygens (including phenoxy) is 2. The Bertz CT molecular complexity index is 638. The van der Waals surface area contributed by atoms with Crippen molar-refractivity contribution in [1.29, 1.82) is 0 Å². The van der Waals surface area contributed by atoms with E-state index < -0.39 is 0 Å². The standard InChI is InChI=1S/C19H24ClNO3/c1-23-16-7-17(24-2)15(6-14(16)20)21-18(22)19-8-11-3-12(9-19)5-13(4-11)10-19/h6-7,11-13H,3-5,8-10H2,1-2H3,(H,21,22). The molecule has 0 heterocycles. The van der Waals surface area contributed by atoms with E-state index >= 15 is 0 Å². The summed E-state index contributed by atoms with van der Waals surface area (Å²) in [7, 11) is 3.15. The number of anilines is 1. The van der Waals surface area contributed by atoms with Crippen molar-refractivity contribution in [3.8, 4) is 11.5 Å². The fourth-order valence-electron chi connectivity index (χ4n) is 5.60. The molecule has 0 radical (unpaired) electrons. The highest BCUT2D eigenvalue weighted by atomic mass is 35.5. The summed E-state index contributed by atoms with van der Waals surface area (Å²) in [6, 6.07) is 3.44. The third kappa shape index (κ3) is 2.55. The predicted octanol–water partition coefficient (Wildman–Crippen LogP) is 4.51. The van der Waals surface area contributed by atoms with Gasteiger partial charge in [-0.15, -0.1) is 0 Å². The van der Waals surface area contributed by atoms with Gasteiger partial charge in [-0.2, -0.15) is 0 Å². The minimum atomic E-state index is -0.188. The summed E-state index contributed by atoms with van der Waals surface area (Å²) in [5, 5.41) is 3.58. The molecule has 0 aliphatic heterocycles. The maximum Gasteiger partial charge on any atom is 0.230 e. The van der Waals surface area contributed by atoms with Crippen molar-refractivity contribution in [2.24, 2.45) is 23.2 Å². The highest BCUT2D eigenvalue weighted by Gasteiger charge is 2.54. The summed E-state index contributed by atoms with van der Waals surface area (Å²) in [6.45, 7) is 0. The minimum Gasteiger partial charge on any atom is -0.495 e. The molecule has 130 valence electrons. The van der Waals surface area contributed by atoms with Crippen LogP contribution in [0.2, 0.25) is 5.02 Å². The maximum absolute atomic E-state index is 13.2. The van der Waals surface area contributed by atoms with Crippen molar-refractivity contribution < 1.29 is 14.3 Å². The first-order valence-corrected chi connectivity index (χ1v) is 9.14. The highest BCUT2D eigenvalue weighted by Crippen LogP contribution is 2.60. The third-order valence-corrected chi connectivity index (χ3v) is 6.54. The molecule has 4 aliphatic carbocycles. The van der Waals surface area contributed by atoms with E-state index in [2.05, 4.69) is 5.32 Å². The topological polar surface area (TPSA) is 47.6 Å². The van der Waals surface area contributed by atoms with Crippen LogP contribution in [0, 0.1) is 23.2 Å². The third-order valence-electron chi connectivity index (χ3n) is 6.24. The van der Waals surface area contributed by atoms with Gasteiger partial charge in [-0.3, -0.25) is 4.79 Å². The van der Waals surface area contributed by atoms with Crippen LogP contribution in [0.15, 0.2) is 12.1 Å². The zero-order valence-electron chi connectivity index (χ0n) is 14.2. The first-order valence-electron chi connectivity index (χ1n) is 8.76. The van der Waals surface area contributed by atoms with Crippen LogP contribution < -0.4 is 14.8 Å². The van der Waals surface area contributed by atoms with Gasteiger partial charge in [-0.05, 0) is 62.3 Å². The number of hydrogen-bond acceptors (Lipinski definition) is 3. The Hall–Kier alpha value is -1.42. The van der Waals surface area contributed by atoms with E-state index in [4.69, 9.17) is 21.1 Å². The molecule has 0 saturated heterocycles. The molecule has 1 amide bonds. The van der Waals surface area contributed by atoms with Gasteiger partial charge in [0.1, 0.15) is 11.5 Å². The van der Waals surface area contributed by atoms with Gasteiger partial charge in [0.05, 0.1) is 30.3 Å². The Morgan fingerprint density at radius 1 is 1.04 bits per heavy atom. The fraction of sp³-hybridized carbons (Fsp3) is 0.632. The van der Waals surface area contributed by atoms with Crippen LogP contribution in [0.25, 0.3) is 0 Å². The molecule has 4 fully saturated rings. The van der Waals surface area contributed by atoms with Crippen LogP contribution in [0.3, 0.4) is 0 Å². The van der Waals surface area contributed by atoms with Crippen molar-refractivity contribution in [2.75, 3.05) is 19.5 Å². The second-order valence-corrected chi connectivity index (χ2v) is 8.25. The number of benzene rings is 1. The van der Waals surface area contributed by atoms with Gasteiger partial charge in [0, 0.05) is 6.07 Å². The molecular weight excluding hydrogens is 326 g/mol. The van der Waals surface area contributed by atoms with Gasteiger partial charge in [0.2, 0.25) is 5.91 Å². The molecule has 24 heavy (non-hydrogen) atoms. The van der Waals surface area contributed by atoms with Crippen LogP contribution in [-0.4, -0.2) is 20.1 Å². The van der Waals surface area contributed by atoms with Gasteiger partial charge >= 0.3 is 0 Å². The molecule has 5 rings (SSSR count). The second kappa shape index (κ2) is 5.83. The van der Waals surface area contributed by atoms with Crippen LogP contribution in [-0.2, 0) is 4.79 Å². The summed E-state index contributed by atoms with van der Waals surface area (Å²) in [6.07, 6.45) is 7.09. The number of hydrogen-bond donors (Lipinski definition) is 1. The van der Waals surface area contributed by atoms with Crippen molar-refractivity contribution in [1.82, 2.24) is 0 Å². The predicted molar refractivity (Wildman–Crippen MR) is 93.8 cm³/mol. The van der Waals surface area contributed by atoms with E-state index in [1.807, 2.05) is 0 Å². The van der Waals surface area contributed by atoms with Gasteiger partial charge in [-0.25, -0.2) is 0 Å². The number of nitrogens with one attached hydrogen (secondary N) is 1. The van der Waals surface area contributed by atoms with Gasteiger partial charge < -0.3 is 14.8 Å². The fourth-order valence-corrected chi connectivity index (χ4v) is 5.84. The summed E-state index contributed by atoms with van der Waals surface area (Å²) < 4.78 is 10.6. The number of rotatable bonds is 4. The average molecular weight is 350 g/mol. The molecule has 4 nitrogen and oxygen atoms in total. The lowest BCUT2D eigenvalue weighted by Gasteiger charge is -2.55.